The van der Waals surface area contributed by atoms with Crippen molar-refractivity contribution in [1.82, 2.24) is 10.2 Å². The summed E-state index contributed by atoms with van der Waals surface area (Å²) in [6.07, 6.45) is 1.10. The minimum atomic E-state index is -0.0559. The average molecular weight is 293 g/mol. The molecule has 0 fully saturated rings. The molecule has 5 heteroatoms. The van der Waals surface area contributed by atoms with Crippen LogP contribution in [0.2, 0.25) is 0 Å². The number of carbonyl (C=O) groups excluding carboxylic acids is 1. The Bertz CT molecular complexity index is 433. The molecule has 0 aliphatic heterocycles. The number of nitrogens with zero attached hydrogens (tertiary/aromatic N) is 1. The quantitative estimate of drug-likeness (QED) is 0.683. The van der Waals surface area contributed by atoms with Crippen LogP contribution in [0.3, 0.4) is 0 Å². The highest BCUT2D eigenvalue weighted by Crippen LogP contribution is 2.24. The normalized spacial score (nSPS) is 11.0. The second-order valence-corrected chi connectivity index (χ2v) is 5.54. The van der Waals surface area contributed by atoms with Crippen molar-refractivity contribution in [2.45, 2.75) is 26.4 Å². The SMILES string of the molecule is CC(C)Oc1ccccc1NC(=O)CNCCCN(C)C. The molecule has 1 rings (SSSR count). The maximum atomic E-state index is 11.9. The Hall–Kier alpha value is -1.59. The summed E-state index contributed by atoms with van der Waals surface area (Å²) < 4.78 is 5.67. The van der Waals surface area contributed by atoms with E-state index in [1.54, 1.807) is 0 Å². The van der Waals surface area contributed by atoms with Crippen LogP contribution in [0.4, 0.5) is 5.69 Å². The van der Waals surface area contributed by atoms with Gasteiger partial charge in [0.25, 0.3) is 0 Å². The van der Waals surface area contributed by atoms with E-state index >= 15 is 0 Å². The van der Waals surface area contributed by atoms with Gasteiger partial charge in [-0.1, -0.05) is 12.1 Å². The second-order valence-electron chi connectivity index (χ2n) is 5.54. The molecule has 0 heterocycles. The van der Waals surface area contributed by atoms with Gasteiger partial charge in [-0.05, 0) is 59.6 Å². The van der Waals surface area contributed by atoms with Crippen molar-refractivity contribution in [2.75, 3.05) is 39.0 Å². The molecule has 0 saturated carbocycles. The molecule has 0 aliphatic rings. The Morgan fingerprint density at radius 1 is 1.29 bits per heavy atom. The van der Waals surface area contributed by atoms with Gasteiger partial charge in [-0.3, -0.25) is 4.79 Å². The molecule has 0 unspecified atom stereocenters. The summed E-state index contributed by atoms with van der Waals surface area (Å²) in [5.41, 5.74) is 0.714. The topological polar surface area (TPSA) is 53.6 Å². The van der Waals surface area contributed by atoms with E-state index in [0.717, 1.165) is 19.5 Å². The first-order valence-corrected chi connectivity index (χ1v) is 7.40. The predicted molar refractivity (Wildman–Crippen MR) is 86.9 cm³/mol. The lowest BCUT2D eigenvalue weighted by molar-refractivity contribution is -0.115. The first-order chi connectivity index (χ1) is 9.99. The molecule has 1 aromatic rings. The summed E-state index contributed by atoms with van der Waals surface area (Å²) in [5.74, 6) is 0.646. The van der Waals surface area contributed by atoms with Gasteiger partial charge < -0.3 is 20.3 Å². The predicted octanol–water partition coefficient (Wildman–Crippen LogP) is 1.95. The molecule has 5 nitrogen and oxygen atoms in total. The third kappa shape index (κ3) is 7.68. The van der Waals surface area contributed by atoms with Crippen molar-refractivity contribution in [3.05, 3.63) is 24.3 Å². The van der Waals surface area contributed by atoms with E-state index in [2.05, 4.69) is 15.5 Å². The molecular weight excluding hydrogens is 266 g/mol. The van der Waals surface area contributed by atoms with Gasteiger partial charge in [0.15, 0.2) is 0 Å². The first kappa shape index (κ1) is 17.5. The van der Waals surface area contributed by atoms with Crippen molar-refractivity contribution in [3.8, 4) is 5.75 Å². The van der Waals surface area contributed by atoms with Crippen LogP contribution in [0.1, 0.15) is 20.3 Å². The highest BCUT2D eigenvalue weighted by atomic mass is 16.5. The van der Waals surface area contributed by atoms with E-state index in [1.165, 1.54) is 0 Å². The number of hydrogen-bond acceptors (Lipinski definition) is 4. The van der Waals surface area contributed by atoms with Gasteiger partial charge in [0.2, 0.25) is 5.91 Å². The fourth-order valence-electron chi connectivity index (χ4n) is 1.84. The van der Waals surface area contributed by atoms with Gasteiger partial charge in [-0.15, -0.1) is 0 Å². The molecule has 0 bridgehead atoms. The lowest BCUT2D eigenvalue weighted by Gasteiger charge is -2.15. The minimum Gasteiger partial charge on any atom is -0.489 e. The third-order valence-electron chi connectivity index (χ3n) is 2.77. The zero-order chi connectivity index (χ0) is 15.7. The Kier molecular flexibility index (Phi) is 7.79. The molecule has 1 amide bonds. The largest absolute Gasteiger partial charge is 0.489 e. The van der Waals surface area contributed by atoms with Crippen LogP contribution in [0, 0.1) is 0 Å². The summed E-state index contributed by atoms with van der Waals surface area (Å²) in [4.78, 5) is 14.0. The average Bonchev–Trinajstić information content (AvgIpc) is 2.39. The van der Waals surface area contributed by atoms with Crippen LogP contribution in [-0.4, -0.2) is 50.6 Å². The summed E-state index contributed by atoms with van der Waals surface area (Å²) in [5, 5.41) is 6.02. The van der Waals surface area contributed by atoms with Crippen molar-refractivity contribution >= 4 is 11.6 Å². The van der Waals surface area contributed by atoms with Crippen molar-refractivity contribution in [3.63, 3.8) is 0 Å². The van der Waals surface area contributed by atoms with E-state index in [4.69, 9.17) is 4.74 Å². The molecule has 0 aromatic heterocycles. The third-order valence-corrected chi connectivity index (χ3v) is 2.77. The molecule has 2 N–H and O–H groups in total. The van der Waals surface area contributed by atoms with E-state index in [-0.39, 0.29) is 12.0 Å². The van der Waals surface area contributed by atoms with Gasteiger partial charge in [-0.25, -0.2) is 0 Å². The lowest BCUT2D eigenvalue weighted by atomic mass is 10.3. The number of rotatable bonds is 9. The number of carbonyl (C=O) groups is 1. The van der Waals surface area contributed by atoms with Gasteiger partial charge in [0.1, 0.15) is 5.75 Å². The maximum absolute atomic E-state index is 11.9. The van der Waals surface area contributed by atoms with Crippen LogP contribution in [0.25, 0.3) is 0 Å². The Balaban J connectivity index is 2.37. The van der Waals surface area contributed by atoms with Crippen LogP contribution in [0.15, 0.2) is 24.3 Å². The number of nitrogens with one attached hydrogen (secondary N) is 2. The smallest absolute Gasteiger partial charge is 0.238 e. The molecule has 0 aliphatic carbocycles. The van der Waals surface area contributed by atoms with E-state index in [1.807, 2.05) is 52.2 Å². The van der Waals surface area contributed by atoms with Crippen LogP contribution >= 0.6 is 0 Å². The van der Waals surface area contributed by atoms with Crippen molar-refractivity contribution in [1.29, 1.82) is 0 Å². The minimum absolute atomic E-state index is 0.0559. The number of benzene rings is 1. The monoisotopic (exact) mass is 293 g/mol. The van der Waals surface area contributed by atoms with Gasteiger partial charge in [0.05, 0.1) is 18.3 Å². The van der Waals surface area contributed by atoms with Crippen LogP contribution in [-0.2, 0) is 4.79 Å². The van der Waals surface area contributed by atoms with Crippen LogP contribution < -0.4 is 15.4 Å². The van der Waals surface area contributed by atoms with Crippen LogP contribution in [0.5, 0.6) is 5.75 Å². The van der Waals surface area contributed by atoms with Crippen molar-refractivity contribution in [2.24, 2.45) is 0 Å². The van der Waals surface area contributed by atoms with E-state index in [9.17, 15) is 4.79 Å². The van der Waals surface area contributed by atoms with Gasteiger partial charge in [0, 0.05) is 0 Å². The van der Waals surface area contributed by atoms with E-state index < -0.39 is 0 Å². The molecule has 0 radical (unpaired) electrons. The maximum Gasteiger partial charge on any atom is 0.238 e. The van der Waals surface area contributed by atoms with Crippen molar-refractivity contribution < 1.29 is 9.53 Å². The molecule has 0 spiro atoms. The summed E-state index contributed by atoms with van der Waals surface area (Å²) in [6, 6.07) is 7.49. The zero-order valence-corrected chi connectivity index (χ0v) is 13.5. The Labute approximate surface area is 127 Å². The van der Waals surface area contributed by atoms with Gasteiger partial charge >= 0.3 is 0 Å². The molecule has 1 aromatic carbocycles. The fourth-order valence-corrected chi connectivity index (χ4v) is 1.84. The number of anilines is 1. The highest BCUT2D eigenvalue weighted by molar-refractivity contribution is 5.93. The second kappa shape index (κ2) is 9.37. The molecule has 21 heavy (non-hydrogen) atoms. The first-order valence-electron chi connectivity index (χ1n) is 7.40. The number of hydrogen-bond donors (Lipinski definition) is 2. The molecule has 0 saturated heterocycles. The number of amides is 1. The lowest BCUT2D eigenvalue weighted by Crippen LogP contribution is -2.30. The summed E-state index contributed by atoms with van der Waals surface area (Å²) in [6.45, 7) is 6.08. The van der Waals surface area contributed by atoms with E-state index in [0.29, 0.717) is 18.0 Å². The fraction of sp³-hybridized carbons (Fsp3) is 0.562. The summed E-state index contributed by atoms with van der Waals surface area (Å²) >= 11 is 0. The Morgan fingerprint density at radius 2 is 2.00 bits per heavy atom. The van der Waals surface area contributed by atoms with Gasteiger partial charge in [-0.2, -0.15) is 0 Å². The summed E-state index contributed by atoms with van der Waals surface area (Å²) in [7, 11) is 4.08. The highest BCUT2D eigenvalue weighted by Gasteiger charge is 2.08. The zero-order valence-electron chi connectivity index (χ0n) is 13.5. The molecule has 118 valence electrons. The Morgan fingerprint density at radius 3 is 2.67 bits per heavy atom. The standard InChI is InChI=1S/C16H27N3O2/c1-13(2)21-15-9-6-5-8-14(15)18-16(20)12-17-10-7-11-19(3)4/h5-6,8-9,13,17H,7,10-12H2,1-4H3,(H,18,20). The molecular formula is C16H27N3O2. The number of ether oxygens (including phenoxy) is 1. The molecule has 0 atom stereocenters. The number of para-hydroxylation sites is 2.